The first kappa shape index (κ1) is 11.9. The summed E-state index contributed by atoms with van der Waals surface area (Å²) < 4.78 is 17.7. The van der Waals surface area contributed by atoms with E-state index in [-0.39, 0.29) is 5.82 Å². The summed E-state index contributed by atoms with van der Waals surface area (Å²) in [5, 5.41) is 0.684. The Hall–Kier alpha value is -1.53. The number of anilines is 2. The number of para-hydroxylation sites is 1. The van der Waals surface area contributed by atoms with E-state index in [2.05, 4.69) is 9.36 Å². The zero-order chi connectivity index (χ0) is 12.1. The van der Waals surface area contributed by atoms with Crippen molar-refractivity contribution in [1.82, 2.24) is 9.36 Å². The van der Waals surface area contributed by atoms with Crippen LogP contribution in [0.4, 0.5) is 15.2 Å². The predicted molar refractivity (Wildman–Crippen MR) is 67.0 cm³/mol. The summed E-state index contributed by atoms with van der Waals surface area (Å²) in [6.07, 6.45) is 2.24. The zero-order valence-electron chi connectivity index (χ0n) is 9.21. The van der Waals surface area contributed by atoms with Gasteiger partial charge in [0.2, 0.25) is 5.13 Å². The van der Waals surface area contributed by atoms with E-state index in [1.54, 1.807) is 23.1 Å². The van der Waals surface area contributed by atoms with Crippen molar-refractivity contribution in [3.8, 4) is 0 Å². The lowest BCUT2D eigenvalue weighted by Gasteiger charge is -2.21. The van der Waals surface area contributed by atoms with Crippen LogP contribution in [0.5, 0.6) is 0 Å². The Bertz CT molecular complexity index is 460. The van der Waals surface area contributed by atoms with Crippen LogP contribution in [-0.4, -0.2) is 22.4 Å². The van der Waals surface area contributed by atoms with E-state index in [1.165, 1.54) is 23.9 Å². The molecule has 2 aromatic rings. The number of benzene rings is 1. The summed E-state index contributed by atoms with van der Waals surface area (Å²) in [6.45, 7) is 1.19. The van der Waals surface area contributed by atoms with Crippen LogP contribution >= 0.6 is 11.5 Å². The zero-order valence-corrected chi connectivity index (χ0v) is 10.0. The maximum Gasteiger partial charge on any atom is 0.209 e. The quantitative estimate of drug-likeness (QED) is 0.886. The molecule has 2 rings (SSSR count). The van der Waals surface area contributed by atoms with E-state index < -0.39 is 0 Å². The van der Waals surface area contributed by atoms with Crippen LogP contribution in [0.15, 0.2) is 30.6 Å². The molecule has 1 aromatic heterocycles. The van der Waals surface area contributed by atoms with Gasteiger partial charge in [-0.05, 0) is 25.1 Å². The first-order valence-corrected chi connectivity index (χ1v) is 6.09. The summed E-state index contributed by atoms with van der Waals surface area (Å²) in [7, 11) is 0. The molecule has 0 amide bonds. The highest BCUT2D eigenvalue weighted by Crippen LogP contribution is 2.28. The molecule has 0 unspecified atom stereocenters. The SMILES string of the molecule is NCCCN(c1ncns1)c1ccccc1F. The Morgan fingerprint density at radius 3 is 2.82 bits per heavy atom. The summed E-state index contributed by atoms with van der Waals surface area (Å²) in [5.41, 5.74) is 6.01. The first-order chi connectivity index (χ1) is 8.33. The van der Waals surface area contributed by atoms with E-state index in [0.29, 0.717) is 23.9 Å². The van der Waals surface area contributed by atoms with Crippen LogP contribution in [0.1, 0.15) is 6.42 Å². The van der Waals surface area contributed by atoms with Crippen molar-refractivity contribution >= 4 is 22.4 Å². The molecule has 0 aliphatic rings. The molecular weight excluding hydrogens is 239 g/mol. The third kappa shape index (κ3) is 2.78. The molecule has 4 nitrogen and oxygen atoms in total. The normalized spacial score (nSPS) is 10.5. The molecule has 17 heavy (non-hydrogen) atoms. The lowest BCUT2D eigenvalue weighted by Crippen LogP contribution is -2.21. The first-order valence-electron chi connectivity index (χ1n) is 5.31. The topological polar surface area (TPSA) is 55.0 Å². The fourth-order valence-corrected chi connectivity index (χ4v) is 2.10. The van der Waals surface area contributed by atoms with Gasteiger partial charge in [-0.15, -0.1) is 0 Å². The Balaban J connectivity index is 2.30. The van der Waals surface area contributed by atoms with Gasteiger partial charge in [-0.2, -0.15) is 4.37 Å². The van der Waals surface area contributed by atoms with Crippen LogP contribution in [0.25, 0.3) is 0 Å². The van der Waals surface area contributed by atoms with Crippen LogP contribution in [0.3, 0.4) is 0 Å². The standard InChI is InChI=1S/C11H13FN4S/c12-9-4-1-2-5-10(9)16(7-3-6-13)11-14-8-15-17-11/h1-2,4-5,8H,3,6-7,13H2. The molecule has 1 aromatic carbocycles. The van der Waals surface area contributed by atoms with Gasteiger partial charge in [-0.3, -0.25) is 0 Å². The summed E-state index contributed by atoms with van der Waals surface area (Å²) in [6, 6.07) is 6.63. The van der Waals surface area contributed by atoms with E-state index in [4.69, 9.17) is 5.73 Å². The number of halogens is 1. The fraction of sp³-hybridized carbons (Fsp3) is 0.273. The Morgan fingerprint density at radius 1 is 1.35 bits per heavy atom. The van der Waals surface area contributed by atoms with Crippen LogP contribution in [-0.2, 0) is 0 Å². The third-order valence-electron chi connectivity index (χ3n) is 2.31. The van der Waals surface area contributed by atoms with Crippen molar-refractivity contribution in [3.63, 3.8) is 0 Å². The molecule has 6 heteroatoms. The molecule has 0 aliphatic carbocycles. The second-order valence-electron chi connectivity index (χ2n) is 3.47. The summed E-state index contributed by atoms with van der Waals surface area (Å²) in [4.78, 5) is 5.92. The highest BCUT2D eigenvalue weighted by molar-refractivity contribution is 7.09. The monoisotopic (exact) mass is 252 g/mol. The third-order valence-corrected chi connectivity index (χ3v) is 3.00. The van der Waals surface area contributed by atoms with Gasteiger partial charge in [0.25, 0.3) is 0 Å². The Labute approximate surface area is 103 Å². The highest BCUT2D eigenvalue weighted by Gasteiger charge is 2.15. The molecule has 0 bridgehead atoms. The maximum absolute atomic E-state index is 13.7. The van der Waals surface area contributed by atoms with Crippen molar-refractivity contribution in [2.75, 3.05) is 18.0 Å². The molecule has 1 heterocycles. The Kier molecular flexibility index (Phi) is 4.00. The van der Waals surface area contributed by atoms with Gasteiger partial charge in [0.1, 0.15) is 12.1 Å². The van der Waals surface area contributed by atoms with E-state index in [9.17, 15) is 4.39 Å². The largest absolute Gasteiger partial charge is 0.330 e. The molecule has 0 aliphatic heterocycles. The van der Waals surface area contributed by atoms with Crippen molar-refractivity contribution in [2.45, 2.75) is 6.42 Å². The number of aromatic nitrogens is 2. The minimum absolute atomic E-state index is 0.264. The lowest BCUT2D eigenvalue weighted by molar-refractivity contribution is 0.623. The fourth-order valence-electron chi connectivity index (χ4n) is 1.53. The predicted octanol–water partition coefficient (Wildman–Crippen LogP) is 2.16. The van der Waals surface area contributed by atoms with Crippen LogP contribution in [0, 0.1) is 5.82 Å². The van der Waals surface area contributed by atoms with E-state index in [0.717, 1.165) is 6.42 Å². The summed E-state index contributed by atoms with van der Waals surface area (Å²) in [5.74, 6) is -0.264. The maximum atomic E-state index is 13.7. The number of nitrogens with zero attached hydrogens (tertiary/aromatic N) is 3. The number of hydrogen-bond donors (Lipinski definition) is 1. The van der Waals surface area contributed by atoms with Crippen molar-refractivity contribution < 1.29 is 4.39 Å². The molecule has 90 valence electrons. The Morgan fingerprint density at radius 2 is 2.18 bits per heavy atom. The van der Waals surface area contributed by atoms with Gasteiger partial charge in [-0.25, -0.2) is 9.37 Å². The lowest BCUT2D eigenvalue weighted by atomic mass is 10.2. The second kappa shape index (κ2) is 5.70. The molecular formula is C11H13FN4S. The van der Waals surface area contributed by atoms with Crippen LogP contribution in [0.2, 0.25) is 0 Å². The van der Waals surface area contributed by atoms with E-state index in [1.807, 2.05) is 0 Å². The van der Waals surface area contributed by atoms with Gasteiger partial charge in [0, 0.05) is 18.1 Å². The smallest absolute Gasteiger partial charge is 0.209 e. The van der Waals surface area contributed by atoms with Crippen molar-refractivity contribution in [2.24, 2.45) is 5.73 Å². The van der Waals surface area contributed by atoms with Gasteiger partial charge in [-0.1, -0.05) is 12.1 Å². The van der Waals surface area contributed by atoms with Crippen LogP contribution < -0.4 is 10.6 Å². The minimum Gasteiger partial charge on any atom is -0.330 e. The second-order valence-corrected chi connectivity index (χ2v) is 4.23. The molecule has 0 fully saturated rings. The van der Waals surface area contributed by atoms with Crippen molar-refractivity contribution in [3.05, 3.63) is 36.4 Å². The molecule has 0 atom stereocenters. The average molecular weight is 252 g/mol. The number of hydrogen-bond acceptors (Lipinski definition) is 5. The number of rotatable bonds is 5. The van der Waals surface area contributed by atoms with E-state index >= 15 is 0 Å². The molecule has 2 N–H and O–H groups in total. The average Bonchev–Trinajstić information content (AvgIpc) is 2.85. The molecule has 0 saturated carbocycles. The van der Waals surface area contributed by atoms with Gasteiger partial charge in [0.05, 0.1) is 5.69 Å². The molecule has 0 spiro atoms. The van der Waals surface area contributed by atoms with Crippen molar-refractivity contribution in [1.29, 1.82) is 0 Å². The van der Waals surface area contributed by atoms with Gasteiger partial charge in [0.15, 0.2) is 0 Å². The highest BCUT2D eigenvalue weighted by atomic mass is 32.1. The molecule has 0 radical (unpaired) electrons. The molecule has 0 saturated heterocycles. The van der Waals surface area contributed by atoms with Gasteiger partial charge >= 0.3 is 0 Å². The summed E-state index contributed by atoms with van der Waals surface area (Å²) >= 11 is 1.24. The number of nitrogens with two attached hydrogens (primary N) is 1. The van der Waals surface area contributed by atoms with Gasteiger partial charge < -0.3 is 10.6 Å². The minimum atomic E-state index is -0.264.